The average Bonchev–Trinajstić information content (AvgIpc) is 2.98. The van der Waals surface area contributed by atoms with Crippen LogP contribution in [-0.2, 0) is 14.4 Å². The zero-order valence-corrected chi connectivity index (χ0v) is 29.2. The van der Waals surface area contributed by atoms with E-state index in [4.69, 9.17) is 15.3 Å². The normalized spacial score (nSPS) is 10.8. The van der Waals surface area contributed by atoms with Crippen molar-refractivity contribution < 1.29 is 29.7 Å². The van der Waals surface area contributed by atoms with E-state index in [0.29, 0.717) is 19.3 Å². The van der Waals surface area contributed by atoms with Gasteiger partial charge >= 0.3 is 17.9 Å². The van der Waals surface area contributed by atoms with Gasteiger partial charge in [0, 0.05) is 19.3 Å². The van der Waals surface area contributed by atoms with Crippen LogP contribution in [-0.4, -0.2) is 33.2 Å². The summed E-state index contributed by atoms with van der Waals surface area (Å²) in [6, 6.07) is 0. The van der Waals surface area contributed by atoms with Crippen LogP contribution >= 0.6 is 0 Å². The number of carboxylic acids is 3. The number of hydrogen-bond acceptors (Lipinski definition) is 3. The first-order chi connectivity index (χ1) is 21.3. The molecule has 0 saturated heterocycles. The third kappa shape index (κ3) is 55.8. The second-order valence-electron chi connectivity index (χ2n) is 11.9. The maximum Gasteiger partial charge on any atom is 0.303 e. The highest BCUT2D eigenvalue weighted by Crippen LogP contribution is 2.10. The van der Waals surface area contributed by atoms with Gasteiger partial charge in [-0.1, -0.05) is 154 Å². The van der Waals surface area contributed by atoms with Gasteiger partial charge in [-0.15, -0.1) is 0 Å². The molecule has 260 valence electrons. The van der Waals surface area contributed by atoms with Gasteiger partial charge in [0.2, 0.25) is 0 Å². The summed E-state index contributed by atoms with van der Waals surface area (Å²) >= 11 is 0. The minimum absolute atomic E-state index is 0.324. The summed E-state index contributed by atoms with van der Waals surface area (Å²) in [4.78, 5) is 30.6. The topological polar surface area (TPSA) is 112 Å². The van der Waals surface area contributed by atoms with Gasteiger partial charge in [-0.3, -0.25) is 14.4 Å². The van der Waals surface area contributed by atoms with Crippen LogP contribution in [0.2, 0.25) is 0 Å². The number of aliphatic carboxylic acids is 3. The molecule has 44 heavy (non-hydrogen) atoms. The van der Waals surface area contributed by atoms with E-state index >= 15 is 0 Å². The predicted octanol–water partition coefficient (Wildman–Crippen LogP) is 12.3. The van der Waals surface area contributed by atoms with Gasteiger partial charge < -0.3 is 15.3 Å². The molecule has 0 fully saturated rings. The van der Waals surface area contributed by atoms with E-state index in [2.05, 4.69) is 45.1 Å². The van der Waals surface area contributed by atoms with E-state index in [0.717, 1.165) is 51.4 Å². The highest BCUT2D eigenvalue weighted by molar-refractivity contribution is 5.67. The van der Waals surface area contributed by atoms with Gasteiger partial charge in [0.15, 0.2) is 0 Å². The van der Waals surface area contributed by atoms with Gasteiger partial charge in [-0.2, -0.15) is 0 Å². The quantitative estimate of drug-likeness (QED) is 0.0541. The lowest BCUT2D eigenvalue weighted by molar-refractivity contribution is -0.138. The Balaban J connectivity index is -0.000000606. The maximum atomic E-state index is 10.3. The van der Waals surface area contributed by atoms with Crippen molar-refractivity contribution in [1.29, 1.82) is 0 Å². The molecule has 0 aromatic carbocycles. The molecule has 6 heteroatoms. The Hall–Kier alpha value is -2.11. The minimum Gasteiger partial charge on any atom is -0.481 e. The molecule has 0 radical (unpaired) electrons. The van der Waals surface area contributed by atoms with Crippen LogP contribution in [0.5, 0.6) is 0 Å². The van der Waals surface area contributed by atoms with Crippen molar-refractivity contribution in [1.82, 2.24) is 0 Å². The first kappa shape index (κ1) is 46.3. The van der Waals surface area contributed by atoms with Gasteiger partial charge in [-0.05, 0) is 51.4 Å². The molecular formula is C38H72O6. The smallest absolute Gasteiger partial charge is 0.303 e. The summed E-state index contributed by atoms with van der Waals surface area (Å²) in [5, 5.41) is 25.2. The minimum atomic E-state index is -0.671. The summed E-state index contributed by atoms with van der Waals surface area (Å²) in [5.74, 6) is -2.00. The molecule has 0 aliphatic carbocycles. The predicted molar refractivity (Wildman–Crippen MR) is 187 cm³/mol. The van der Waals surface area contributed by atoms with E-state index < -0.39 is 17.9 Å². The Morgan fingerprint density at radius 1 is 0.364 bits per heavy atom. The van der Waals surface area contributed by atoms with Crippen LogP contribution in [0.4, 0.5) is 0 Å². The lowest BCUT2D eigenvalue weighted by Crippen LogP contribution is -1.93. The van der Waals surface area contributed by atoms with E-state index in [-0.39, 0.29) is 0 Å². The maximum absolute atomic E-state index is 10.3. The summed E-state index contributed by atoms with van der Waals surface area (Å²) in [7, 11) is 0. The van der Waals surface area contributed by atoms with Crippen LogP contribution in [0.15, 0.2) is 24.3 Å². The standard InChI is InChI=1S/C18H32O2.2C10H20O2/c1-2-3-4-5-6-7-8-9-10-11-12-13-14-15-16-17-18(19)20;2*1-2-3-4-5-6-7-8-9-10(11)12/h6-7,9-10H,2-5,8,11-17H2,1H3,(H,19,20);2*2-9H2,1H3,(H,11,12)/b7-6-,10-9-;;. The number of hydrogen-bond donors (Lipinski definition) is 3. The summed E-state index contributed by atoms with van der Waals surface area (Å²) in [5.41, 5.74) is 0. The molecule has 0 bridgehead atoms. The Morgan fingerprint density at radius 3 is 0.932 bits per heavy atom. The van der Waals surface area contributed by atoms with Crippen molar-refractivity contribution >= 4 is 17.9 Å². The molecule has 0 aliphatic rings. The SMILES string of the molecule is CCCCC/C=C\C/C=C\CCCCCCCC(=O)O.CCCCCCCCCC(=O)O.CCCCCCCCCC(=O)O. The molecule has 6 nitrogen and oxygen atoms in total. The third-order valence-corrected chi connectivity index (χ3v) is 7.33. The van der Waals surface area contributed by atoms with Crippen LogP contribution in [0.25, 0.3) is 0 Å². The van der Waals surface area contributed by atoms with Gasteiger partial charge in [0.1, 0.15) is 0 Å². The molecule has 3 N–H and O–H groups in total. The third-order valence-electron chi connectivity index (χ3n) is 7.33. The lowest BCUT2D eigenvalue weighted by atomic mass is 10.1. The second-order valence-corrected chi connectivity index (χ2v) is 11.9. The molecule has 0 heterocycles. The van der Waals surface area contributed by atoms with E-state index in [1.165, 1.54) is 109 Å². The zero-order valence-electron chi connectivity index (χ0n) is 29.2. The number of unbranched alkanes of at least 4 members (excludes halogenated alkanes) is 20. The van der Waals surface area contributed by atoms with E-state index in [1.807, 2.05) is 0 Å². The number of rotatable bonds is 30. The Bertz CT molecular complexity index is 628. The molecule has 0 rings (SSSR count). The molecule has 0 aliphatic heterocycles. The molecule has 0 spiro atoms. The van der Waals surface area contributed by atoms with Crippen LogP contribution < -0.4 is 0 Å². The molecule has 0 amide bonds. The van der Waals surface area contributed by atoms with Crippen molar-refractivity contribution in [3.8, 4) is 0 Å². The summed E-state index contributed by atoms with van der Waals surface area (Å²) in [6.07, 6.45) is 39.6. The van der Waals surface area contributed by atoms with Crippen molar-refractivity contribution in [2.24, 2.45) is 0 Å². The second kappa shape index (κ2) is 43.0. The first-order valence-corrected chi connectivity index (χ1v) is 18.3. The van der Waals surface area contributed by atoms with Crippen LogP contribution in [0, 0.1) is 0 Å². The molecule has 0 aromatic rings. The fourth-order valence-corrected chi connectivity index (χ4v) is 4.55. The summed E-state index contributed by atoms with van der Waals surface area (Å²) in [6.45, 7) is 6.63. The van der Waals surface area contributed by atoms with Crippen LogP contribution in [0.3, 0.4) is 0 Å². The van der Waals surface area contributed by atoms with E-state index in [1.54, 1.807) is 0 Å². The summed E-state index contributed by atoms with van der Waals surface area (Å²) < 4.78 is 0. The first-order valence-electron chi connectivity index (χ1n) is 18.3. The van der Waals surface area contributed by atoms with E-state index in [9.17, 15) is 14.4 Å². The molecular weight excluding hydrogens is 552 g/mol. The number of carbonyl (C=O) groups is 3. The molecule has 0 atom stereocenters. The van der Waals surface area contributed by atoms with Crippen molar-refractivity contribution in [3.63, 3.8) is 0 Å². The zero-order chi connectivity index (χ0) is 33.4. The Kier molecular flexibility index (Phi) is 45.3. The Morgan fingerprint density at radius 2 is 0.614 bits per heavy atom. The van der Waals surface area contributed by atoms with Gasteiger partial charge in [0.25, 0.3) is 0 Å². The lowest BCUT2D eigenvalue weighted by Gasteiger charge is -1.98. The fraction of sp³-hybridized carbons (Fsp3) is 0.816. The molecule has 0 unspecified atom stereocenters. The molecule has 0 aromatic heterocycles. The van der Waals surface area contributed by atoms with Crippen molar-refractivity contribution in [2.45, 2.75) is 201 Å². The largest absolute Gasteiger partial charge is 0.481 e. The molecule has 0 saturated carbocycles. The van der Waals surface area contributed by atoms with Crippen molar-refractivity contribution in [3.05, 3.63) is 24.3 Å². The van der Waals surface area contributed by atoms with Gasteiger partial charge in [-0.25, -0.2) is 0 Å². The van der Waals surface area contributed by atoms with Crippen LogP contribution in [0.1, 0.15) is 201 Å². The fourth-order valence-electron chi connectivity index (χ4n) is 4.55. The number of allylic oxidation sites excluding steroid dienone is 4. The number of carboxylic acid groups (broad SMARTS) is 3. The average molecular weight is 625 g/mol. The highest BCUT2D eigenvalue weighted by Gasteiger charge is 1.97. The Labute approximate surface area is 272 Å². The van der Waals surface area contributed by atoms with Gasteiger partial charge in [0.05, 0.1) is 0 Å². The van der Waals surface area contributed by atoms with Crippen molar-refractivity contribution in [2.75, 3.05) is 0 Å². The highest BCUT2D eigenvalue weighted by atomic mass is 16.4. The monoisotopic (exact) mass is 625 g/mol.